The first-order chi connectivity index (χ1) is 9.25. The maximum atomic E-state index is 5.98. The average molecular weight is 253 g/mol. The second kappa shape index (κ2) is 4.68. The van der Waals surface area contributed by atoms with Gasteiger partial charge in [0.1, 0.15) is 5.52 Å². The van der Waals surface area contributed by atoms with Gasteiger partial charge in [-0.25, -0.2) is 9.97 Å². The van der Waals surface area contributed by atoms with E-state index in [0.29, 0.717) is 5.95 Å². The molecule has 3 aromatic heterocycles. The van der Waals surface area contributed by atoms with Crippen LogP contribution < -0.4 is 5.73 Å². The van der Waals surface area contributed by atoms with Gasteiger partial charge in [-0.1, -0.05) is 6.07 Å². The Labute approximate surface area is 111 Å². The molecule has 0 saturated heterocycles. The second-order valence-electron chi connectivity index (χ2n) is 4.49. The third-order valence-corrected chi connectivity index (χ3v) is 3.18. The fraction of sp³-hybridized carbons (Fsp3) is 0.214. The third-order valence-electron chi connectivity index (χ3n) is 3.18. The zero-order valence-electron chi connectivity index (χ0n) is 10.7. The van der Waals surface area contributed by atoms with E-state index in [-0.39, 0.29) is 0 Å². The molecule has 0 unspecified atom stereocenters. The van der Waals surface area contributed by atoms with Crippen LogP contribution in [0.3, 0.4) is 0 Å². The number of fused-ring (bicyclic) bond motifs is 1. The predicted octanol–water partition coefficient (Wildman–Crippen LogP) is 1.96. The van der Waals surface area contributed by atoms with Crippen molar-refractivity contribution in [3.8, 4) is 0 Å². The fourth-order valence-electron chi connectivity index (χ4n) is 2.15. The summed E-state index contributed by atoms with van der Waals surface area (Å²) in [7, 11) is 0. The van der Waals surface area contributed by atoms with Crippen LogP contribution in [0.1, 0.15) is 11.3 Å². The van der Waals surface area contributed by atoms with Gasteiger partial charge in [0.05, 0.1) is 0 Å². The predicted molar refractivity (Wildman–Crippen MR) is 74.6 cm³/mol. The van der Waals surface area contributed by atoms with Crippen molar-refractivity contribution in [3.05, 3.63) is 47.9 Å². The molecule has 96 valence electrons. The number of imidazole rings is 1. The van der Waals surface area contributed by atoms with E-state index in [1.165, 1.54) is 0 Å². The number of pyridine rings is 2. The molecule has 0 saturated carbocycles. The van der Waals surface area contributed by atoms with Crippen LogP contribution in [0, 0.1) is 6.92 Å². The van der Waals surface area contributed by atoms with Crippen LogP contribution in [0.15, 0.2) is 36.7 Å². The molecule has 0 bridgehead atoms. The molecule has 0 aliphatic rings. The molecule has 0 aromatic carbocycles. The summed E-state index contributed by atoms with van der Waals surface area (Å²) in [4.78, 5) is 13.1. The average Bonchev–Trinajstić information content (AvgIpc) is 2.75. The van der Waals surface area contributed by atoms with Gasteiger partial charge in [-0.3, -0.25) is 9.55 Å². The largest absolute Gasteiger partial charge is 0.369 e. The van der Waals surface area contributed by atoms with Crippen molar-refractivity contribution >= 4 is 17.1 Å². The van der Waals surface area contributed by atoms with E-state index in [1.54, 1.807) is 12.4 Å². The first-order valence-corrected chi connectivity index (χ1v) is 6.23. The van der Waals surface area contributed by atoms with E-state index in [1.807, 2.05) is 35.8 Å². The Morgan fingerprint density at radius 2 is 2.05 bits per heavy atom. The van der Waals surface area contributed by atoms with Gasteiger partial charge in [0.15, 0.2) is 5.65 Å². The number of anilines is 1. The van der Waals surface area contributed by atoms with Crippen molar-refractivity contribution < 1.29 is 0 Å². The number of hydrogen-bond donors (Lipinski definition) is 1. The van der Waals surface area contributed by atoms with E-state index in [2.05, 4.69) is 15.0 Å². The summed E-state index contributed by atoms with van der Waals surface area (Å²) in [5.74, 6) is 0.507. The van der Waals surface area contributed by atoms with Crippen molar-refractivity contribution in [1.29, 1.82) is 0 Å². The van der Waals surface area contributed by atoms with E-state index >= 15 is 0 Å². The molecular weight excluding hydrogens is 238 g/mol. The van der Waals surface area contributed by atoms with Crippen molar-refractivity contribution in [3.63, 3.8) is 0 Å². The second-order valence-corrected chi connectivity index (χ2v) is 4.49. The molecular formula is C14H15N5. The molecule has 0 amide bonds. The highest BCUT2D eigenvalue weighted by molar-refractivity contribution is 5.77. The number of rotatable bonds is 3. The Morgan fingerprint density at radius 3 is 2.84 bits per heavy atom. The molecule has 19 heavy (non-hydrogen) atoms. The Kier molecular flexibility index (Phi) is 2.87. The molecule has 3 rings (SSSR count). The Bertz CT molecular complexity index is 702. The summed E-state index contributed by atoms with van der Waals surface area (Å²) in [6, 6.07) is 7.85. The molecule has 0 aliphatic heterocycles. The van der Waals surface area contributed by atoms with Gasteiger partial charge in [-0.2, -0.15) is 0 Å². The van der Waals surface area contributed by atoms with Gasteiger partial charge in [-0.05, 0) is 30.7 Å². The lowest BCUT2D eigenvalue weighted by atomic mass is 10.2. The smallest absolute Gasteiger partial charge is 0.202 e. The molecule has 2 N–H and O–H groups in total. The minimum absolute atomic E-state index is 0.507. The molecule has 3 heterocycles. The Hall–Kier alpha value is -2.43. The topological polar surface area (TPSA) is 69.6 Å². The van der Waals surface area contributed by atoms with Crippen molar-refractivity contribution in [2.24, 2.45) is 0 Å². The zero-order chi connectivity index (χ0) is 13.2. The minimum Gasteiger partial charge on any atom is -0.369 e. The van der Waals surface area contributed by atoms with E-state index in [4.69, 9.17) is 5.73 Å². The van der Waals surface area contributed by atoms with E-state index in [9.17, 15) is 0 Å². The van der Waals surface area contributed by atoms with Gasteiger partial charge >= 0.3 is 0 Å². The standard InChI is InChI=1S/C14H15N5/c1-10-5-8-17-13-12(10)18-14(15)19(13)9-6-11-4-2-3-7-16-11/h2-5,7-8H,6,9H2,1H3,(H2,15,18). The molecule has 0 fully saturated rings. The SMILES string of the molecule is Cc1ccnc2c1nc(N)n2CCc1ccccn1. The van der Waals surface area contributed by atoms with Crippen LogP contribution in [0.25, 0.3) is 11.2 Å². The van der Waals surface area contributed by atoms with Crippen LogP contribution >= 0.6 is 0 Å². The van der Waals surface area contributed by atoms with E-state index < -0.39 is 0 Å². The van der Waals surface area contributed by atoms with Crippen molar-refractivity contribution in [2.75, 3.05) is 5.73 Å². The van der Waals surface area contributed by atoms with Gasteiger partial charge in [0.25, 0.3) is 0 Å². The monoisotopic (exact) mass is 253 g/mol. The quantitative estimate of drug-likeness (QED) is 0.774. The summed E-state index contributed by atoms with van der Waals surface area (Å²) in [6.45, 7) is 2.75. The highest BCUT2D eigenvalue weighted by Gasteiger charge is 2.10. The normalized spacial score (nSPS) is 11.0. The maximum Gasteiger partial charge on any atom is 0.202 e. The highest BCUT2D eigenvalue weighted by Crippen LogP contribution is 2.18. The summed E-state index contributed by atoms with van der Waals surface area (Å²) < 4.78 is 1.94. The van der Waals surface area contributed by atoms with Gasteiger partial charge in [0, 0.05) is 31.1 Å². The summed E-state index contributed by atoms with van der Waals surface area (Å²) >= 11 is 0. The lowest BCUT2D eigenvalue weighted by molar-refractivity contribution is 0.707. The molecule has 3 aromatic rings. The summed E-state index contributed by atoms with van der Waals surface area (Å²) in [5, 5.41) is 0. The lowest BCUT2D eigenvalue weighted by Gasteiger charge is -2.05. The number of nitrogens with two attached hydrogens (primary N) is 1. The van der Waals surface area contributed by atoms with Gasteiger partial charge in [-0.15, -0.1) is 0 Å². The summed E-state index contributed by atoms with van der Waals surface area (Å²) in [5.41, 5.74) is 9.82. The van der Waals surface area contributed by atoms with Crippen LogP contribution in [-0.4, -0.2) is 19.5 Å². The number of nitrogen functional groups attached to an aromatic ring is 1. The van der Waals surface area contributed by atoms with E-state index in [0.717, 1.165) is 35.4 Å². The number of aromatic nitrogens is 4. The molecule has 0 aliphatic carbocycles. The molecule has 5 nitrogen and oxygen atoms in total. The number of aryl methyl sites for hydroxylation is 3. The highest BCUT2D eigenvalue weighted by atomic mass is 15.2. The van der Waals surface area contributed by atoms with Crippen LogP contribution in [-0.2, 0) is 13.0 Å². The van der Waals surface area contributed by atoms with Crippen LogP contribution in [0.2, 0.25) is 0 Å². The van der Waals surface area contributed by atoms with Crippen molar-refractivity contribution in [2.45, 2.75) is 19.9 Å². The molecule has 5 heteroatoms. The minimum atomic E-state index is 0.507. The third kappa shape index (κ3) is 2.14. The molecule has 0 spiro atoms. The van der Waals surface area contributed by atoms with Crippen LogP contribution in [0.4, 0.5) is 5.95 Å². The molecule has 0 radical (unpaired) electrons. The first kappa shape index (κ1) is 11.6. The Morgan fingerprint density at radius 1 is 1.16 bits per heavy atom. The number of hydrogen-bond acceptors (Lipinski definition) is 4. The van der Waals surface area contributed by atoms with Gasteiger partial charge in [0.2, 0.25) is 5.95 Å². The maximum absolute atomic E-state index is 5.98. The Balaban J connectivity index is 1.93. The summed E-state index contributed by atoms with van der Waals surface area (Å²) in [6.07, 6.45) is 4.40. The fourth-order valence-corrected chi connectivity index (χ4v) is 2.15. The first-order valence-electron chi connectivity index (χ1n) is 6.23. The lowest BCUT2D eigenvalue weighted by Crippen LogP contribution is -2.07. The van der Waals surface area contributed by atoms with Crippen LogP contribution in [0.5, 0.6) is 0 Å². The number of nitrogens with zero attached hydrogens (tertiary/aromatic N) is 4. The molecule has 0 atom stereocenters. The van der Waals surface area contributed by atoms with Crippen molar-refractivity contribution in [1.82, 2.24) is 19.5 Å². The van der Waals surface area contributed by atoms with Gasteiger partial charge < -0.3 is 5.73 Å². The zero-order valence-corrected chi connectivity index (χ0v) is 10.7.